The number of benzene rings is 1. The van der Waals surface area contributed by atoms with Crippen LogP contribution in [-0.2, 0) is 9.53 Å². The zero-order valence-electron chi connectivity index (χ0n) is 12.3. The van der Waals surface area contributed by atoms with Crippen LogP contribution in [0.25, 0.3) is 0 Å². The van der Waals surface area contributed by atoms with Gasteiger partial charge in [-0.3, -0.25) is 4.79 Å². The highest BCUT2D eigenvalue weighted by atomic mass is 16.5. The van der Waals surface area contributed by atoms with Crippen LogP contribution in [-0.4, -0.2) is 18.2 Å². The largest absolute Gasteiger partial charge is 0.490 e. The summed E-state index contributed by atoms with van der Waals surface area (Å²) in [5.41, 5.74) is 0.888. The highest BCUT2D eigenvalue weighted by Crippen LogP contribution is 2.30. The third kappa shape index (κ3) is 3.99. The molecule has 0 aliphatic heterocycles. The Labute approximate surface area is 121 Å². The molecule has 2 rings (SSSR count). The SMILES string of the molecule is [CH2]c1ccccc1O[C@H]1CCC[C@H](C(=O)OC(C)C)C1. The van der Waals surface area contributed by atoms with Crippen molar-refractivity contribution in [3.05, 3.63) is 36.8 Å². The number of carbonyl (C=O) groups is 1. The molecule has 0 bridgehead atoms. The zero-order valence-corrected chi connectivity index (χ0v) is 12.3. The van der Waals surface area contributed by atoms with E-state index in [-0.39, 0.29) is 24.1 Å². The molecule has 0 N–H and O–H groups in total. The van der Waals surface area contributed by atoms with Crippen LogP contribution in [0.4, 0.5) is 0 Å². The number of hydrogen-bond donors (Lipinski definition) is 0. The van der Waals surface area contributed by atoms with Gasteiger partial charge in [0.1, 0.15) is 5.75 Å². The molecule has 0 spiro atoms. The smallest absolute Gasteiger partial charge is 0.309 e. The van der Waals surface area contributed by atoms with Gasteiger partial charge < -0.3 is 9.47 Å². The predicted molar refractivity (Wildman–Crippen MR) is 78.5 cm³/mol. The van der Waals surface area contributed by atoms with Gasteiger partial charge in [0.25, 0.3) is 0 Å². The molecule has 1 aromatic carbocycles. The normalized spacial score (nSPS) is 22.6. The number of para-hydroxylation sites is 1. The van der Waals surface area contributed by atoms with Gasteiger partial charge in [0.15, 0.2) is 0 Å². The molecule has 3 nitrogen and oxygen atoms in total. The summed E-state index contributed by atoms with van der Waals surface area (Å²) in [6, 6.07) is 7.75. The first-order chi connectivity index (χ1) is 9.56. The molecule has 1 saturated carbocycles. The third-order valence-electron chi connectivity index (χ3n) is 3.58. The lowest BCUT2D eigenvalue weighted by Crippen LogP contribution is -2.31. The van der Waals surface area contributed by atoms with Crippen LogP contribution in [0.3, 0.4) is 0 Å². The van der Waals surface area contributed by atoms with Gasteiger partial charge in [-0.25, -0.2) is 0 Å². The third-order valence-corrected chi connectivity index (χ3v) is 3.58. The number of carbonyl (C=O) groups excluding carboxylic acids is 1. The fourth-order valence-electron chi connectivity index (χ4n) is 2.59. The van der Waals surface area contributed by atoms with E-state index in [9.17, 15) is 4.79 Å². The topological polar surface area (TPSA) is 35.5 Å². The monoisotopic (exact) mass is 275 g/mol. The van der Waals surface area contributed by atoms with Crippen molar-refractivity contribution in [1.29, 1.82) is 0 Å². The summed E-state index contributed by atoms with van der Waals surface area (Å²) in [4.78, 5) is 12.0. The first-order valence-corrected chi connectivity index (χ1v) is 7.34. The van der Waals surface area contributed by atoms with Gasteiger partial charge in [-0.15, -0.1) is 0 Å². The van der Waals surface area contributed by atoms with Crippen molar-refractivity contribution in [2.45, 2.75) is 51.7 Å². The number of esters is 1. The van der Waals surface area contributed by atoms with Crippen molar-refractivity contribution in [2.24, 2.45) is 5.92 Å². The highest BCUT2D eigenvalue weighted by Gasteiger charge is 2.30. The van der Waals surface area contributed by atoms with Gasteiger partial charge >= 0.3 is 5.97 Å². The summed E-state index contributed by atoms with van der Waals surface area (Å²) < 4.78 is 11.3. The van der Waals surface area contributed by atoms with Crippen LogP contribution < -0.4 is 4.74 Å². The molecule has 0 unspecified atom stereocenters. The molecule has 0 saturated heterocycles. The lowest BCUT2D eigenvalue weighted by atomic mass is 9.87. The maximum Gasteiger partial charge on any atom is 0.309 e. The standard InChI is InChI=1S/C17H23O3/c1-12(2)19-17(18)14-8-6-9-15(11-14)20-16-10-5-4-7-13(16)3/h4-5,7,10,12,14-15H,3,6,8-9,11H2,1-2H3/t14-,15-/m0/s1. The second kappa shape index (κ2) is 6.78. The van der Waals surface area contributed by atoms with E-state index in [0.29, 0.717) is 0 Å². The van der Waals surface area contributed by atoms with E-state index in [1.54, 1.807) is 0 Å². The fraction of sp³-hybridized carbons (Fsp3) is 0.529. The average molecular weight is 275 g/mol. The Morgan fingerprint density at radius 3 is 2.75 bits per heavy atom. The molecular weight excluding hydrogens is 252 g/mol. The lowest BCUT2D eigenvalue weighted by Gasteiger charge is -2.29. The molecule has 1 fully saturated rings. The Morgan fingerprint density at radius 1 is 1.30 bits per heavy atom. The van der Waals surface area contributed by atoms with Gasteiger partial charge in [-0.2, -0.15) is 0 Å². The van der Waals surface area contributed by atoms with Gasteiger partial charge in [0.05, 0.1) is 18.1 Å². The van der Waals surface area contributed by atoms with E-state index in [1.807, 2.05) is 38.1 Å². The fourth-order valence-corrected chi connectivity index (χ4v) is 2.59. The van der Waals surface area contributed by atoms with E-state index in [0.717, 1.165) is 37.0 Å². The van der Waals surface area contributed by atoms with Gasteiger partial charge in [-0.05, 0) is 58.1 Å². The van der Waals surface area contributed by atoms with Crippen molar-refractivity contribution in [2.75, 3.05) is 0 Å². The van der Waals surface area contributed by atoms with Crippen molar-refractivity contribution in [1.82, 2.24) is 0 Å². The molecule has 0 amide bonds. The molecule has 20 heavy (non-hydrogen) atoms. The molecule has 2 atom stereocenters. The minimum atomic E-state index is -0.0868. The summed E-state index contributed by atoms with van der Waals surface area (Å²) in [5, 5.41) is 0. The van der Waals surface area contributed by atoms with Crippen LogP contribution in [0.2, 0.25) is 0 Å². The van der Waals surface area contributed by atoms with Crippen molar-refractivity contribution in [3.8, 4) is 5.75 Å². The van der Waals surface area contributed by atoms with Gasteiger partial charge in [0.2, 0.25) is 0 Å². The van der Waals surface area contributed by atoms with Crippen LogP contribution in [0.15, 0.2) is 24.3 Å². The molecule has 1 aliphatic rings. The second-order valence-corrected chi connectivity index (χ2v) is 5.70. The minimum absolute atomic E-state index is 0.0341. The Balaban J connectivity index is 1.94. The quantitative estimate of drug-likeness (QED) is 0.785. The first-order valence-electron chi connectivity index (χ1n) is 7.34. The number of ether oxygens (including phenoxy) is 2. The van der Waals surface area contributed by atoms with Crippen molar-refractivity contribution in [3.63, 3.8) is 0 Å². The van der Waals surface area contributed by atoms with E-state index in [4.69, 9.17) is 9.47 Å². The Morgan fingerprint density at radius 2 is 2.05 bits per heavy atom. The second-order valence-electron chi connectivity index (χ2n) is 5.70. The molecule has 3 heteroatoms. The summed E-state index contributed by atoms with van der Waals surface area (Å²) >= 11 is 0. The molecule has 0 aromatic heterocycles. The molecule has 1 aliphatic carbocycles. The molecular formula is C17H23O3. The maximum atomic E-state index is 12.0. The van der Waals surface area contributed by atoms with Gasteiger partial charge in [0, 0.05) is 0 Å². The van der Waals surface area contributed by atoms with Crippen molar-refractivity contribution >= 4 is 5.97 Å². The van der Waals surface area contributed by atoms with Crippen LogP contribution in [0, 0.1) is 12.8 Å². The molecule has 109 valence electrons. The summed E-state index contributed by atoms with van der Waals surface area (Å²) in [6.07, 6.45) is 3.65. The maximum absolute atomic E-state index is 12.0. The summed E-state index contributed by atoms with van der Waals surface area (Å²) in [5.74, 6) is 0.694. The average Bonchev–Trinajstić information content (AvgIpc) is 2.41. The molecule has 1 aromatic rings. The Bertz CT molecular complexity index is 453. The summed E-state index contributed by atoms with van der Waals surface area (Å²) in [6.45, 7) is 7.73. The van der Waals surface area contributed by atoms with Crippen molar-refractivity contribution < 1.29 is 14.3 Å². The minimum Gasteiger partial charge on any atom is -0.490 e. The van der Waals surface area contributed by atoms with E-state index < -0.39 is 0 Å². The Kier molecular flexibility index (Phi) is 5.05. The predicted octanol–water partition coefficient (Wildman–Crippen LogP) is 3.76. The molecule has 1 radical (unpaired) electrons. The van der Waals surface area contributed by atoms with Crippen LogP contribution in [0.1, 0.15) is 45.1 Å². The highest BCUT2D eigenvalue weighted by molar-refractivity contribution is 5.72. The van der Waals surface area contributed by atoms with E-state index in [1.165, 1.54) is 0 Å². The summed E-state index contributed by atoms with van der Waals surface area (Å²) in [7, 11) is 0. The zero-order chi connectivity index (χ0) is 14.5. The molecule has 0 heterocycles. The first kappa shape index (κ1) is 14.9. The van der Waals surface area contributed by atoms with Crippen LogP contribution >= 0.6 is 0 Å². The van der Waals surface area contributed by atoms with E-state index in [2.05, 4.69) is 6.92 Å². The van der Waals surface area contributed by atoms with Gasteiger partial charge in [-0.1, -0.05) is 18.2 Å². The van der Waals surface area contributed by atoms with Crippen LogP contribution in [0.5, 0.6) is 5.75 Å². The Hall–Kier alpha value is -1.51. The number of hydrogen-bond acceptors (Lipinski definition) is 3. The lowest BCUT2D eigenvalue weighted by molar-refractivity contribution is -0.154. The van der Waals surface area contributed by atoms with E-state index >= 15 is 0 Å². The number of rotatable bonds is 4.